The van der Waals surface area contributed by atoms with Gasteiger partial charge in [-0.15, -0.1) is 0 Å². The molecule has 0 aromatic carbocycles. The average Bonchev–Trinajstić information content (AvgIpc) is 2.76. The van der Waals surface area contributed by atoms with Crippen LogP contribution in [0.2, 0.25) is 0 Å². The minimum absolute atomic E-state index is 0.0553. The van der Waals surface area contributed by atoms with Crippen LogP contribution >= 0.6 is 0 Å². The van der Waals surface area contributed by atoms with E-state index in [0.29, 0.717) is 13.2 Å². The summed E-state index contributed by atoms with van der Waals surface area (Å²) in [6.07, 6.45) is 7.60. The van der Waals surface area contributed by atoms with Crippen LogP contribution in [0, 0.1) is 5.41 Å². The Kier molecular flexibility index (Phi) is 16.4. The van der Waals surface area contributed by atoms with E-state index in [0.717, 1.165) is 51.4 Å². The first-order chi connectivity index (χ1) is 17.7. The minimum Gasteiger partial charge on any atom is -0.381 e. The van der Waals surface area contributed by atoms with Crippen molar-refractivity contribution in [1.82, 2.24) is 0 Å². The van der Waals surface area contributed by atoms with Crippen molar-refractivity contribution in [1.29, 1.82) is 0 Å². The summed E-state index contributed by atoms with van der Waals surface area (Å²) in [4.78, 5) is 0. The van der Waals surface area contributed by atoms with Gasteiger partial charge >= 0.3 is 0 Å². The zero-order valence-corrected chi connectivity index (χ0v) is 28.2. The molecule has 0 aliphatic heterocycles. The van der Waals surface area contributed by atoms with Gasteiger partial charge in [-0.2, -0.15) is 0 Å². The zero-order chi connectivity index (χ0) is 30.7. The third-order valence-corrected chi connectivity index (χ3v) is 8.25. The number of unbranched alkanes of at least 4 members (excludes halogenated alkanes) is 1. The lowest BCUT2D eigenvalue weighted by atomic mass is 9.77. The van der Waals surface area contributed by atoms with Crippen molar-refractivity contribution < 1.29 is 18.9 Å². The topological polar surface area (TPSA) is 89.0 Å². The van der Waals surface area contributed by atoms with E-state index in [4.69, 9.17) is 38.3 Å². The highest BCUT2D eigenvalue weighted by Gasteiger charge is 2.37. The summed E-state index contributed by atoms with van der Waals surface area (Å²) in [7, 11) is 6.29. The number of rotatable bonds is 22. The summed E-state index contributed by atoms with van der Waals surface area (Å²) in [5, 5.41) is 0. The number of hydrogen-bond acceptors (Lipinski definition) is 6. The van der Waals surface area contributed by atoms with Gasteiger partial charge in [0.25, 0.3) is 0 Å². The largest absolute Gasteiger partial charge is 0.381 e. The lowest BCUT2D eigenvalue weighted by molar-refractivity contribution is -0.154. The van der Waals surface area contributed by atoms with E-state index in [2.05, 4.69) is 69.2 Å². The van der Waals surface area contributed by atoms with E-state index in [-0.39, 0.29) is 46.5 Å². The molecule has 0 rings (SSSR count). The molecule has 6 nitrogen and oxygen atoms in total. The molecule has 2 radical (unpaired) electrons. The van der Waals surface area contributed by atoms with Crippen LogP contribution in [0.5, 0.6) is 0 Å². The lowest BCUT2D eigenvalue weighted by Gasteiger charge is -2.42. The predicted molar refractivity (Wildman–Crippen MR) is 167 cm³/mol. The Morgan fingerprint density at radius 3 is 1.69 bits per heavy atom. The third-order valence-electron chi connectivity index (χ3n) is 8.25. The second-order valence-corrected chi connectivity index (χ2v) is 14.3. The summed E-state index contributed by atoms with van der Waals surface area (Å²) >= 11 is 0. The van der Waals surface area contributed by atoms with Gasteiger partial charge in [-0.05, 0) is 94.9 Å². The van der Waals surface area contributed by atoms with Crippen LogP contribution in [0.25, 0.3) is 0 Å². The summed E-state index contributed by atoms with van der Waals surface area (Å²) in [6, 6.07) is -0.160. The summed E-state index contributed by atoms with van der Waals surface area (Å²) in [5.74, 6) is 0. The Morgan fingerprint density at radius 2 is 1.23 bits per heavy atom. The van der Waals surface area contributed by atoms with Gasteiger partial charge in [0, 0.05) is 35.8 Å². The van der Waals surface area contributed by atoms with Crippen LogP contribution in [0.15, 0.2) is 0 Å². The molecule has 0 spiro atoms. The molecule has 0 aromatic rings. The van der Waals surface area contributed by atoms with Crippen LogP contribution in [0.1, 0.15) is 141 Å². The van der Waals surface area contributed by atoms with Crippen molar-refractivity contribution >= 4 is 7.85 Å². The molecule has 0 amide bonds. The van der Waals surface area contributed by atoms with Crippen molar-refractivity contribution in [3.63, 3.8) is 0 Å². The van der Waals surface area contributed by atoms with E-state index in [1.165, 1.54) is 0 Å². The first-order valence-corrected chi connectivity index (χ1v) is 15.6. The molecule has 0 heterocycles. The number of ether oxygens (including phenoxy) is 4. The van der Waals surface area contributed by atoms with Crippen LogP contribution < -0.4 is 11.5 Å². The van der Waals surface area contributed by atoms with Gasteiger partial charge < -0.3 is 30.4 Å². The van der Waals surface area contributed by atoms with Crippen molar-refractivity contribution in [2.24, 2.45) is 16.9 Å². The molecule has 4 N–H and O–H groups in total. The quantitative estimate of drug-likeness (QED) is 0.142. The minimum atomic E-state index is -0.875. The molecule has 7 atom stereocenters. The van der Waals surface area contributed by atoms with Crippen molar-refractivity contribution in [3.8, 4) is 0 Å². The maximum absolute atomic E-state index is 6.76. The first kappa shape index (κ1) is 38.8. The maximum Gasteiger partial charge on any atom is 0.115 e. The van der Waals surface area contributed by atoms with Crippen LogP contribution in [-0.2, 0) is 18.9 Å². The number of nitrogens with two attached hydrogens (primary N) is 2. The van der Waals surface area contributed by atoms with Gasteiger partial charge in [0.05, 0.1) is 42.2 Å². The summed E-state index contributed by atoms with van der Waals surface area (Å²) in [6.45, 7) is 28.7. The highest BCUT2D eigenvalue weighted by atomic mass is 16.5. The fourth-order valence-electron chi connectivity index (χ4n) is 5.45. The monoisotopic (exact) mass is 555 g/mol. The fraction of sp³-hybridized carbons (Fsp3) is 1.00. The van der Waals surface area contributed by atoms with E-state index in [1.54, 1.807) is 0 Å². The van der Waals surface area contributed by atoms with Crippen LogP contribution in [0.3, 0.4) is 0 Å². The molecule has 0 bridgehead atoms. The molecule has 0 saturated carbocycles. The smallest absolute Gasteiger partial charge is 0.115 e. The average molecular weight is 555 g/mol. The lowest BCUT2D eigenvalue weighted by Crippen LogP contribution is -2.49. The second-order valence-electron chi connectivity index (χ2n) is 14.3. The zero-order valence-electron chi connectivity index (χ0n) is 28.2. The number of hydrogen-bond donors (Lipinski definition) is 2. The Balaban J connectivity index is 5.41. The molecule has 0 aromatic heterocycles. The highest BCUT2D eigenvalue weighted by molar-refractivity contribution is 6.14. The normalized spacial score (nSPS) is 20.9. The molecular weight excluding hydrogens is 487 g/mol. The van der Waals surface area contributed by atoms with Crippen molar-refractivity contribution in [2.75, 3.05) is 13.2 Å². The molecule has 7 unspecified atom stereocenters. The summed E-state index contributed by atoms with van der Waals surface area (Å²) in [5.41, 5.74) is 10.2. The molecule has 39 heavy (non-hydrogen) atoms. The van der Waals surface area contributed by atoms with Gasteiger partial charge in [0.15, 0.2) is 0 Å². The Labute approximate surface area is 244 Å². The molecule has 7 heteroatoms. The van der Waals surface area contributed by atoms with E-state index < -0.39 is 5.50 Å². The molecule has 232 valence electrons. The SMILES string of the molecule is [B]C(C)(OC(C)CC(C)(CC)OCC(CC)(CCCC)COC(C)(C)CC(C)OC(C)(C)CC(C)N)C(C)N. The van der Waals surface area contributed by atoms with E-state index >= 15 is 0 Å². The van der Waals surface area contributed by atoms with Crippen molar-refractivity contribution in [3.05, 3.63) is 0 Å². The van der Waals surface area contributed by atoms with Gasteiger partial charge in [-0.1, -0.05) is 33.6 Å². The first-order valence-electron chi connectivity index (χ1n) is 15.6. The molecule has 0 fully saturated rings. The summed E-state index contributed by atoms with van der Waals surface area (Å²) < 4.78 is 26.0. The van der Waals surface area contributed by atoms with E-state index in [9.17, 15) is 0 Å². The molecular formula is C32H67BN2O4. The third kappa shape index (κ3) is 15.6. The molecule has 0 aliphatic rings. The Bertz CT molecular complexity index is 671. The Morgan fingerprint density at radius 1 is 0.692 bits per heavy atom. The van der Waals surface area contributed by atoms with Crippen LogP contribution in [-0.4, -0.2) is 67.7 Å². The van der Waals surface area contributed by atoms with Gasteiger partial charge in [0.1, 0.15) is 7.85 Å². The maximum atomic E-state index is 6.76. The fourth-order valence-corrected chi connectivity index (χ4v) is 5.45. The van der Waals surface area contributed by atoms with E-state index in [1.807, 2.05) is 20.8 Å². The highest BCUT2D eigenvalue weighted by Crippen LogP contribution is 2.36. The molecule has 0 saturated heterocycles. The molecule has 0 aliphatic carbocycles. The van der Waals surface area contributed by atoms with Gasteiger partial charge in [-0.3, -0.25) is 0 Å². The standard InChI is InChI=1S/C32H67BN2O4/c1-14-17-18-32(16-3,22-36-28(8,9)20-25(5)38-29(10,11)19-24(4)34)23-37-30(12,15-2)21-26(6)39-31(13,33)27(7)35/h24-27H,14-23,34-35H2,1-13H3. The second kappa shape index (κ2) is 16.5. The Hall–Kier alpha value is -0.175. The predicted octanol–water partition coefficient (Wildman–Crippen LogP) is 6.89. The van der Waals surface area contributed by atoms with Crippen molar-refractivity contribution in [2.45, 2.75) is 188 Å². The van der Waals surface area contributed by atoms with Crippen LogP contribution in [0.4, 0.5) is 0 Å². The van der Waals surface area contributed by atoms with Gasteiger partial charge in [0.2, 0.25) is 0 Å². The van der Waals surface area contributed by atoms with Gasteiger partial charge in [-0.25, -0.2) is 0 Å².